The summed E-state index contributed by atoms with van der Waals surface area (Å²) in [5.74, 6) is 3.66. The lowest BCUT2D eigenvalue weighted by Gasteiger charge is -2.13. The van der Waals surface area contributed by atoms with Gasteiger partial charge in [-0.15, -0.1) is 0 Å². The molecule has 20 rings (SSSR count). The fraction of sp³-hybridized carbons (Fsp3) is 0.119. The highest BCUT2D eigenvalue weighted by atomic mass is 16.2. The summed E-state index contributed by atoms with van der Waals surface area (Å²) in [7, 11) is 7.34. The Morgan fingerprint density at radius 2 is 0.667 bits per heavy atom. The summed E-state index contributed by atoms with van der Waals surface area (Å²) < 4.78 is 6.79. The van der Waals surface area contributed by atoms with Crippen LogP contribution in [0.15, 0.2) is 275 Å². The largest absolute Gasteiger partial charge is 0.339 e. The van der Waals surface area contributed by atoms with Gasteiger partial charge in [0.1, 0.15) is 29.0 Å². The minimum Gasteiger partial charge on any atom is -0.339 e. The van der Waals surface area contributed by atoms with Crippen LogP contribution in [0.4, 0.5) is 68.8 Å². The number of carbonyl (C=O) groups is 4. The number of nitrogens with zero attached hydrogens (tertiary/aromatic N) is 21. The number of fused-ring (bicyclic) bond motifs is 4. The van der Waals surface area contributed by atoms with Gasteiger partial charge in [0.25, 0.3) is 23.6 Å². The van der Waals surface area contributed by atoms with E-state index in [0.717, 1.165) is 128 Å². The Labute approximate surface area is 773 Å². The Bertz CT molecular complexity index is 7430. The fourth-order valence-corrected chi connectivity index (χ4v) is 14.6. The third kappa shape index (κ3) is 20.8. The molecule has 668 valence electrons. The van der Waals surface area contributed by atoms with Crippen molar-refractivity contribution in [1.29, 1.82) is 0 Å². The van der Waals surface area contributed by atoms with E-state index in [-0.39, 0.29) is 23.6 Å². The van der Waals surface area contributed by atoms with Crippen molar-refractivity contribution in [3.8, 4) is 45.7 Å². The number of anilines is 12. The first-order chi connectivity index (χ1) is 65.4. The van der Waals surface area contributed by atoms with Gasteiger partial charge < -0.3 is 42.5 Å². The molecule has 0 saturated carbocycles. The maximum atomic E-state index is 12.9. The standard InChI is InChI=1S/2C26H23N7O.C25H22N8O.C24H22N8O/c1-16-6-4-8-20(12-16)28-26(34)18-10-9-17(2)22(13-18)29-24-21-15-33(3)32-25(21)31-23(30-24)19-7-5-11-27-14-19;1-16-6-4-8-20(12-16)29-26(34)18-10-9-17(2)22(13-18)30-24-21-15-28-33(3)25(21)32-23(31-24)19-7-5-11-27-14-19;1-15-5-4-6-18(11-15)29-25(34)17-8-7-16(2)20(12-17)30-22-19-13-28-33(3)24(19)32-23(31-22)21-14-26-9-10-27-21;1-14-5-4-6-18(9-14)28-24(33)16-8-7-15(2)20(10-16)29-22-19-13-27-32(3)23(19)31-21(30-22)17-11-25-26-12-17/h4-15H,1-3H3,(H,28,34)(H,29,30,31,32);4-15H,1-3H3,(H,29,34)(H,30,31,32);4-14H,1-3H3,(H,29,34)(H,30,31,32);4-13H,1-3H3,(H,25,26)(H,28,33)(H,29,30,31). The lowest BCUT2D eigenvalue weighted by Crippen LogP contribution is -2.12. The van der Waals surface area contributed by atoms with Crippen LogP contribution in [0.25, 0.3) is 89.8 Å². The molecule has 0 radical (unpaired) electrons. The minimum atomic E-state index is -0.192. The number of amides is 4. The predicted octanol–water partition coefficient (Wildman–Crippen LogP) is 18.9. The molecule has 12 aromatic heterocycles. The fourth-order valence-electron chi connectivity index (χ4n) is 14.6. The normalized spacial score (nSPS) is 10.9. The van der Waals surface area contributed by atoms with Crippen LogP contribution in [0.3, 0.4) is 0 Å². The van der Waals surface area contributed by atoms with Crippen molar-refractivity contribution >= 4 is 137 Å². The van der Waals surface area contributed by atoms with Crippen LogP contribution in [0.1, 0.15) is 85.9 Å². The second-order valence-electron chi connectivity index (χ2n) is 32.1. The van der Waals surface area contributed by atoms with Gasteiger partial charge in [-0.3, -0.25) is 58.0 Å². The van der Waals surface area contributed by atoms with Crippen molar-refractivity contribution in [1.82, 2.24) is 109 Å². The highest BCUT2D eigenvalue weighted by Crippen LogP contribution is 2.36. The van der Waals surface area contributed by atoms with Gasteiger partial charge in [-0.05, 0) is 221 Å². The van der Waals surface area contributed by atoms with Crippen molar-refractivity contribution < 1.29 is 19.2 Å². The SMILES string of the molecule is Cc1cccc(NC(=O)c2ccc(C)c(Nc3nc(-c4cccnc4)nc4c3cnn4C)c2)c1.Cc1cccc(NC(=O)c2ccc(C)c(Nc3nc(-c4cccnc4)nc4nn(C)cc34)c2)c1.Cc1cccc(NC(=O)c2ccc(C)c(Nc3nc(-c4cn[nH]c4)nc4c3cnn4C)c2)c1.Cc1cccc(NC(=O)c2ccc(C)c(Nc3nc(-c4cnccn4)nc4c3cnn4C)c2)c1. The Morgan fingerprint density at radius 1 is 0.319 bits per heavy atom. The van der Waals surface area contributed by atoms with E-state index in [4.69, 9.17) is 19.9 Å². The summed E-state index contributed by atoms with van der Waals surface area (Å²) in [6.07, 6.45) is 22.1. The van der Waals surface area contributed by atoms with E-state index >= 15 is 0 Å². The van der Waals surface area contributed by atoms with Crippen LogP contribution in [-0.4, -0.2) is 133 Å². The van der Waals surface area contributed by atoms with Crippen LogP contribution in [0, 0.1) is 55.4 Å². The summed E-state index contributed by atoms with van der Waals surface area (Å²) in [5, 5.41) is 52.7. The molecule has 0 aliphatic carbocycles. The maximum Gasteiger partial charge on any atom is 0.255 e. The monoisotopic (exact) mass is 1790 g/mol. The third-order valence-corrected chi connectivity index (χ3v) is 21.8. The molecule has 4 amide bonds. The number of hydrogen-bond donors (Lipinski definition) is 9. The molecule has 8 aromatic carbocycles. The molecule has 34 nitrogen and oxygen atoms in total. The Balaban J connectivity index is 0.000000125. The van der Waals surface area contributed by atoms with Gasteiger partial charge in [0.2, 0.25) is 0 Å². The molecule has 0 atom stereocenters. The van der Waals surface area contributed by atoms with Gasteiger partial charge in [-0.1, -0.05) is 72.8 Å². The molecule has 12 heterocycles. The Kier molecular flexibility index (Phi) is 25.8. The zero-order chi connectivity index (χ0) is 93.9. The average molecular weight is 1790 g/mol. The molecule has 0 aliphatic rings. The zero-order valence-electron chi connectivity index (χ0n) is 75.5. The number of aromatic nitrogens is 22. The van der Waals surface area contributed by atoms with E-state index in [1.165, 1.54) is 0 Å². The second-order valence-corrected chi connectivity index (χ2v) is 32.1. The number of rotatable bonds is 20. The predicted molar refractivity (Wildman–Crippen MR) is 525 cm³/mol. The van der Waals surface area contributed by atoms with E-state index in [0.29, 0.717) is 97.1 Å². The number of aromatic amines is 1. The molecular formula is C101H90N30O4. The molecular weight excluding hydrogens is 1700 g/mol. The molecule has 34 heteroatoms. The number of hydrogen-bond acceptors (Lipinski definition) is 25. The summed E-state index contributed by atoms with van der Waals surface area (Å²) in [6, 6.07) is 60.5. The minimum absolute atomic E-state index is 0.182. The molecule has 0 unspecified atom stereocenters. The molecule has 0 spiro atoms. The lowest BCUT2D eigenvalue weighted by molar-refractivity contribution is 0.101. The summed E-state index contributed by atoms with van der Waals surface area (Å²) in [6.45, 7) is 15.9. The van der Waals surface area contributed by atoms with E-state index < -0.39 is 0 Å². The zero-order valence-corrected chi connectivity index (χ0v) is 75.5. The molecule has 20 aromatic rings. The second kappa shape index (κ2) is 39.3. The van der Waals surface area contributed by atoms with Crippen molar-refractivity contribution in [2.75, 3.05) is 42.5 Å². The number of carbonyl (C=O) groups excluding carboxylic acids is 4. The molecule has 0 bridgehead atoms. The van der Waals surface area contributed by atoms with Crippen LogP contribution in [0.2, 0.25) is 0 Å². The van der Waals surface area contributed by atoms with Gasteiger partial charge in [0.05, 0.1) is 58.1 Å². The number of pyridine rings is 2. The Hall–Kier alpha value is -18.4. The van der Waals surface area contributed by atoms with Crippen molar-refractivity contribution in [2.45, 2.75) is 55.4 Å². The molecule has 0 aliphatic heterocycles. The van der Waals surface area contributed by atoms with Crippen LogP contribution in [-0.2, 0) is 28.2 Å². The van der Waals surface area contributed by atoms with Gasteiger partial charge >= 0.3 is 0 Å². The summed E-state index contributed by atoms with van der Waals surface area (Å²) in [4.78, 5) is 106. The quantitative estimate of drug-likeness (QED) is 0.0342. The molecule has 9 N–H and O–H groups in total. The number of benzene rings is 8. The average Bonchev–Trinajstić information content (AvgIpc) is 1.67. The van der Waals surface area contributed by atoms with Gasteiger partial charge in [-0.2, -0.15) is 25.5 Å². The smallest absolute Gasteiger partial charge is 0.255 e. The number of nitrogens with one attached hydrogen (secondary N) is 9. The van der Waals surface area contributed by atoms with E-state index in [1.54, 1.807) is 99.2 Å². The molecule has 135 heavy (non-hydrogen) atoms. The van der Waals surface area contributed by atoms with Gasteiger partial charge in [-0.25, -0.2) is 44.9 Å². The number of aryl methyl sites for hydroxylation is 12. The summed E-state index contributed by atoms with van der Waals surface area (Å²) in [5.41, 5.74) is 22.0. The van der Waals surface area contributed by atoms with Gasteiger partial charge in [0.15, 0.2) is 45.9 Å². The van der Waals surface area contributed by atoms with E-state index in [2.05, 4.69) is 113 Å². The van der Waals surface area contributed by atoms with Crippen molar-refractivity contribution in [3.05, 3.63) is 341 Å². The topological polar surface area (TPSA) is 419 Å². The highest BCUT2D eigenvalue weighted by Gasteiger charge is 2.23. The van der Waals surface area contributed by atoms with Crippen molar-refractivity contribution in [2.24, 2.45) is 28.2 Å². The van der Waals surface area contributed by atoms with E-state index in [1.807, 2.05) is 278 Å². The van der Waals surface area contributed by atoms with Crippen LogP contribution >= 0.6 is 0 Å². The van der Waals surface area contributed by atoms with Crippen LogP contribution < -0.4 is 42.5 Å². The third-order valence-electron chi connectivity index (χ3n) is 21.8. The lowest BCUT2D eigenvalue weighted by atomic mass is 10.1. The first kappa shape index (κ1) is 88.6. The molecule has 0 saturated heterocycles. The number of H-pyrrole nitrogens is 1. The Morgan fingerprint density at radius 3 is 1.01 bits per heavy atom. The van der Waals surface area contributed by atoms with E-state index in [9.17, 15) is 19.2 Å². The first-order valence-electron chi connectivity index (χ1n) is 42.8. The van der Waals surface area contributed by atoms with Crippen molar-refractivity contribution in [3.63, 3.8) is 0 Å². The van der Waals surface area contributed by atoms with Crippen LogP contribution in [0.5, 0.6) is 0 Å². The molecule has 0 fully saturated rings. The first-order valence-corrected chi connectivity index (χ1v) is 42.8. The summed E-state index contributed by atoms with van der Waals surface area (Å²) >= 11 is 0. The maximum absolute atomic E-state index is 12.9. The highest BCUT2D eigenvalue weighted by molar-refractivity contribution is 6.08. The van der Waals surface area contributed by atoms with Gasteiger partial charge in [0, 0.05) is 157 Å².